The van der Waals surface area contributed by atoms with E-state index in [-0.39, 0.29) is 10.5 Å². The first-order chi connectivity index (χ1) is 8.80. The molecule has 0 spiro atoms. The summed E-state index contributed by atoms with van der Waals surface area (Å²) in [6.45, 7) is 2.47. The molecule has 1 rings (SSSR count). The first-order valence-corrected chi connectivity index (χ1v) is 7.19. The molecule has 6 nitrogen and oxygen atoms in total. The molecule has 1 aromatic carbocycles. The maximum atomic E-state index is 12.2. The molecule has 0 aliphatic heterocycles. The Balaban J connectivity index is 3.15. The molecule has 0 unspecified atom stereocenters. The zero-order valence-corrected chi connectivity index (χ0v) is 12.0. The molecule has 0 atom stereocenters. The van der Waals surface area contributed by atoms with Crippen molar-refractivity contribution in [3.8, 4) is 0 Å². The fourth-order valence-corrected chi connectivity index (χ4v) is 2.76. The number of rotatable bonds is 6. The van der Waals surface area contributed by atoms with E-state index in [4.69, 9.17) is 5.11 Å². The zero-order chi connectivity index (χ0) is 14.6. The van der Waals surface area contributed by atoms with Crippen molar-refractivity contribution >= 4 is 16.0 Å². The van der Waals surface area contributed by atoms with Crippen molar-refractivity contribution < 1.29 is 18.3 Å². The number of nitrogens with one attached hydrogen (secondary N) is 1. The van der Waals surface area contributed by atoms with Crippen LogP contribution in [0.15, 0.2) is 23.1 Å². The van der Waals surface area contributed by atoms with E-state index < -0.39 is 16.0 Å². The van der Waals surface area contributed by atoms with Gasteiger partial charge in [-0.05, 0) is 31.7 Å². The number of aryl methyl sites for hydroxylation is 1. The molecule has 0 fully saturated rings. The van der Waals surface area contributed by atoms with E-state index in [1.807, 2.05) is 0 Å². The number of benzene rings is 1. The van der Waals surface area contributed by atoms with Crippen LogP contribution in [0.2, 0.25) is 0 Å². The monoisotopic (exact) mass is 286 g/mol. The van der Waals surface area contributed by atoms with Crippen molar-refractivity contribution in [1.29, 1.82) is 0 Å². The third kappa shape index (κ3) is 3.52. The van der Waals surface area contributed by atoms with E-state index >= 15 is 0 Å². The molecule has 0 saturated carbocycles. The Morgan fingerprint density at radius 1 is 1.42 bits per heavy atom. The molecule has 1 aromatic rings. The van der Waals surface area contributed by atoms with Gasteiger partial charge in [0.2, 0.25) is 10.0 Å². The number of carboxylic acid groups (broad SMARTS) is 1. The van der Waals surface area contributed by atoms with Crippen LogP contribution in [0.3, 0.4) is 0 Å². The van der Waals surface area contributed by atoms with E-state index in [9.17, 15) is 13.2 Å². The standard InChI is InChI=1S/C12H18N2O4S/c1-9-4-5-10(8-11(9)12(15)16)19(17,18)14(3)7-6-13-2/h4-5,8,13H,6-7H2,1-3H3,(H,15,16). The second kappa shape index (κ2) is 6.14. The molecular formula is C12H18N2O4S. The number of hydrogen-bond donors (Lipinski definition) is 2. The summed E-state index contributed by atoms with van der Waals surface area (Å²) in [7, 11) is -0.458. The Bertz CT molecular complexity index is 569. The second-order valence-electron chi connectivity index (χ2n) is 4.21. The molecule has 0 radical (unpaired) electrons. The van der Waals surface area contributed by atoms with Gasteiger partial charge in [-0.25, -0.2) is 13.2 Å². The molecule has 7 heteroatoms. The van der Waals surface area contributed by atoms with Gasteiger partial charge >= 0.3 is 5.97 Å². The summed E-state index contributed by atoms with van der Waals surface area (Å²) in [5.74, 6) is -1.13. The molecule has 0 aliphatic rings. The topological polar surface area (TPSA) is 86.7 Å². The van der Waals surface area contributed by atoms with E-state index in [0.717, 1.165) is 0 Å². The van der Waals surface area contributed by atoms with Crippen molar-refractivity contribution in [2.45, 2.75) is 11.8 Å². The van der Waals surface area contributed by atoms with Gasteiger partial charge in [0.15, 0.2) is 0 Å². The van der Waals surface area contributed by atoms with Crippen LogP contribution in [0.4, 0.5) is 0 Å². The second-order valence-corrected chi connectivity index (χ2v) is 6.26. The summed E-state index contributed by atoms with van der Waals surface area (Å²) in [6.07, 6.45) is 0. The maximum Gasteiger partial charge on any atom is 0.335 e. The lowest BCUT2D eigenvalue weighted by Crippen LogP contribution is -2.33. The number of nitrogens with zero attached hydrogens (tertiary/aromatic N) is 1. The highest BCUT2D eigenvalue weighted by molar-refractivity contribution is 7.89. The van der Waals surface area contributed by atoms with Crippen LogP contribution in [0.1, 0.15) is 15.9 Å². The number of carbonyl (C=O) groups is 1. The number of hydrogen-bond acceptors (Lipinski definition) is 4. The average Bonchev–Trinajstić information content (AvgIpc) is 2.35. The zero-order valence-electron chi connectivity index (χ0n) is 11.2. The third-order valence-corrected chi connectivity index (χ3v) is 4.68. The Labute approximate surface area is 113 Å². The maximum absolute atomic E-state index is 12.2. The van der Waals surface area contributed by atoms with Crippen LogP contribution in [-0.4, -0.2) is 51.0 Å². The Kier molecular flexibility index (Phi) is 5.04. The molecule has 0 saturated heterocycles. The molecule has 0 heterocycles. The molecule has 0 aliphatic carbocycles. The fourth-order valence-electron chi connectivity index (χ4n) is 1.56. The summed E-state index contributed by atoms with van der Waals surface area (Å²) in [6, 6.07) is 4.12. The van der Waals surface area contributed by atoms with Crippen LogP contribution >= 0.6 is 0 Å². The predicted octanol–water partition coefficient (Wildman–Crippen LogP) is 0.533. The number of aromatic carboxylic acids is 1. The van der Waals surface area contributed by atoms with Crippen molar-refractivity contribution in [2.75, 3.05) is 27.2 Å². The smallest absolute Gasteiger partial charge is 0.335 e. The summed E-state index contributed by atoms with van der Waals surface area (Å²) >= 11 is 0. The van der Waals surface area contributed by atoms with Crippen LogP contribution in [0.5, 0.6) is 0 Å². The first kappa shape index (κ1) is 15.6. The Hall–Kier alpha value is -1.44. The van der Waals surface area contributed by atoms with E-state index in [1.165, 1.54) is 29.6 Å². The minimum Gasteiger partial charge on any atom is -0.478 e. The first-order valence-electron chi connectivity index (χ1n) is 5.75. The molecule has 0 bridgehead atoms. The highest BCUT2D eigenvalue weighted by Gasteiger charge is 2.22. The lowest BCUT2D eigenvalue weighted by Gasteiger charge is -2.17. The Morgan fingerprint density at radius 3 is 2.58 bits per heavy atom. The minimum atomic E-state index is -3.65. The van der Waals surface area contributed by atoms with Gasteiger partial charge in [0.25, 0.3) is 0 Å². The van der Waals surface area contributed by atoms with E-state index in [1.54, 1.807) is 14.0 Å². The minimum absolute atomic E-state index is 0.00286. The normalized spacial score (nSPS) is 11.8. The number of sulfonamides is 1. The summed E-state index contributed by atoms with van der Waals surface area (Å²) in [5.41, 5.74) is 0.535. The predicted molar refractivity (Wildman–Crippen MR) is 71.9 cm³/mol. The number of likely N-dealkylation sites (N-methyl/N-ethyl adjacent to an activating group) is 2. The van der Waals surface area contributed by atoms with Crippen LogP contribution in [0.25, 0.3) is 0 Å². The van der Waals surface area contributed by atoms with Gasteiger partial charge in [-0.15, -0.1) is 0 Å². The van der Waals surface area contributed by atoms with Gasteiger partial charge in [-0.3, -0.25) is 0 Å². The fraction of sp³-hybridized carbons (Fsp3) is 0.417. The van der Waals surface area contributed by atoms with Gasteiger partial charge in [-0.1, -0.05) is 6.07 Å². The lowest BCUT2D eigenvalue weighted by atomic mass is 10.1. The molecular weight excluding hydrogens is 268 g/mol. The summed E-state index contributed by atoms with van der Waals surface area (Å²) in [5, 5.41) is 11.9. The van der Waals surface area contributed by atoms with Crippen molar-refractivity contribution in [3.05, 3.63) is 29.3 Å². The van der Waals surface area contributed by atoms with Crippen LogP contribution in [-0.2, 0) is 10.0 Å². The van der Waals surface area contributed by atoms with Gasteiger partial charge < -0.3 is 10.4 Å². The lowest BCUT2D eigenvalue weighted by molar-refractivity contribution is 0.0696. The molecule has 106 valence electrons. The van der Waals surface area contributed by atoms with Gasteiger partial charge in [0, 0.05) is 20.1 Å². The third-order valence-electron chi connectivity index (χ3n) is 2.82. The molecule has 0 aromatic heterocycles. The van der Waals surface area contributed by atoms with Gasteiger partial charge in [0.05, 0.1) is 10.5 Å². The highest BCUT2D eigenvalue weighted by Crippen LogP contribution is 2.18. The summed E-state index contributed by atoms with van der Waals surface area (Å²) in [4.78, 5) is 11.0. The Morgan fingerprint density at radius 2 is 2.05 bits per heavy atom. The van der Waals surface area contributed by atoms with E-state index in [0.29, 0.717) is 18.7 Å². The van der Waals surface area contributed by atoms with Crippen LogP contribution < -0.4 is 5.32 Å². The molecule has 19 heavy (non-hydrogen) atoms. The van der Waals surface area contributed by atoms with E-state index in [2.05, 4.69) is 5.32 Å². The highest BCUT2D eigenvalue weighted by atomic mass is 32.2. The number of carboxylic acids is 1. The average molecular weight is 286 g/mol. The van der Waals surface area contributed by atoms with Crippen molar-refractivity contribution in [1.82, 2.24) is 9.62 Å². The van der Waals surface area contributed by atoms with Gasteiger partial charge in [0.1, 0.15) is 0 Å². The summed E-state index contributed by atoms with van der Waals surface area (Å²) < 4.78 is 25.7. The molecule has 2 N–H and O–H groups in total. The van der Waals surface area contributed by atoms with Gasteiger partial charge in [-0.2, -0.15) is 4.31 Å². The van der Waals surface area contributed by atoms with Crippen LogP contribution in [0, 0.1) is 6.92 Å². The van der Waals surface area contributed by atoms with Crippen molar-refractivity contribution in [2.24, 2.45) is 0 Å². The van der Waals surface area contributed by atoms with Crippen molar-refractivity contribution in [3.63, 3.8) is 0 Å². The quantitative estimate of drug-likeness (QED) is 0.796. The SMILES string of the molecule is CNCCN(C)S(=O)(=O)c1ccc(C)c(C(=O)O)c1. The largest absolute Gasteiger partial charge is 0.478 e. The molecule has 0 amide bonds.